The number of carbonyl (C=O) groups is 8. The summed E-state index contributed by atoms with van der Waals surface area (Å²) in [6.07, 6.45) is 12.3. The van der Waals surface area contributed by atoms with E-state index >= 15 is 0 Å². The number of ketones is 4. The Morgan fingerprint density at radius 2 is 0.528 bits per heavy atom. The van der Waals surface area contributed by atoms with Crippen molar-refractivity contribution in [2.75, 3.05) is 19.6 Å². The second kappa shape index (κ2) is 33.6. The second-order valence-corrected chi connectivity index (χ2v) is 31.6. The lowest BCUT2D eigenvalue weighted by molar-refractivity contribution is -0.114. The number of H-pyrrole nitrogens is 4. The normalized spacial score (nSPS) is 15.7. The molecule has 540 valence electrons. The Balaban J connectivity index is 0.000000142. The van der Waals surface area contributed by atoms with Gasteiger partial charge in [-0.15, -0.1) is 0 Å². The van der Waals surface area contributed by atoms with Gasteiger partial charge in [-0.05, 0) is 133 Å². The summed E-state index contributed by atoms with van der Waals surface area (Å²) in [7, 11) is 0. The first-order valence-corrected chi connectivity index (χ1v) is 37.7. The minimum absolute atomic E-state index is 0. The SMILES string of the molecule is C.C.Cc1ccc(N2C(=O)/C(=C/C(=O)c3c[nH]c4ccc(C)cc34)SC2=S)cc1.Cc1ccc(N2C(=O)/C(=C/C(=O)c3c[nH]c4ccc(C)cc34)SC2=S)cc1.Cc1ccc(N2C(=O)/C(=C/C(=O)c3c[nH]c4ccccc34)SC2=S)cc1.Cc1ccc2[nH]cc(C(=O)/C=C3\SC(=S)N(c4ccccc4)C3=O)c2c1. The number of aromatic amines is 4. The molecule has 4 aliphatic heterocycles. The predicted molar refractivity (Wildman–Crippen MR) is 461 cm³/mol. The summed E-state index contributed by atoms with van der Waals surface area (Å²) in [5.41, 5.74) is 15.1. The van der Waals surface area contributed by atoms with Crippen LogP contribution in [0.25, 0.3) is 43.6 Å². The van der Waals surface area contributed by atoms with Crippen LogP contribution in [-0.4, -0.2) is 84.0 Å². The van der Waals surface area contributed by atoms with Crippen LogP contribution in [0.3, 0.4) is 0 Å². The fraction of sp³-hybridized carbons (Fsp3) is 0.0952. The average molecular weight is 1570 g/mol. The van der Waals surface area contributed by atoms with Crippen molar-refractivity contribution in [3.05, 3.63) is 306 Å². The van der Waals surface area contributed by atoms with Gasteiger partial charge >= 0.3 is 0 Å². The monoisotopic (exact) mass is 1570 g/mol. The minimum Gasteiger partial charge on any atom is -0.360 e. The third-order valence-corrected chi connectivity index (χ3v) is 22.5. The zero-order valence-electron chi connectivity index (χ0n) is 57.3. The highest BCUT2D eigenvalue weighted by atomic mass is 32.2. The maximum Gasteiger partial charge on any atom is 0.270 e. The van der Waals surface area contributed by atoms with Crippen LogP contribution < -0.4 is 19.6 Å². The van der Waals surface area contributed by atoms with Gasteiger partial charge in [-0.1, -0.05) is 235 Å². The van der Waals surface area contributed by atoms with Crippen LogP contribution in [0.15, 0.2) is 251 Å². The number of benzene rings is 8. The highest BCUT2D eigenvalue weighted by Gasteiger charge is 2.38. The van der Waals surface area contributed by atoms with E-state index in [0.717, 1.165) is 124 Å². The van der Waals surface area contributed by atoms with Gasteiger partial charge in [-0.25, -0.2) is 0 Å². The van der Waals surface area contributed by atoms with Crippen LogP contribution in [0, 0.1) is 41.5 Å². The Labute approximate surface area is 661 Å². The number of fused-ring (bicyclic) bond motifs is 4. The quantitative estimate of drug-likeness (QED) is 0.0509. The summed E-state index contributed by atoms with van der Waals surface area (Å²) >= 11 is 26.0. The molecule has 0 atom stereocenters. The summed E-state index contributed by atoms with van der Waals surface area (Å²) in [4.78, 5) is 122. The van der Waals surface area contributed by atoms with Crippen LogP contribution in [0.5, 0.6) is 0 Å². The van der Waals surface area contributed by atoms with E-state index < -0.39 is 0 Å². The molecule has 8 heterocycles. The van der Waals surface area contributed by atoms with Crippen molar-refractivity contribution in [2.24, 2.45) is 0 Å². The number of anilines is 4. The van der Waals surface area contributed by atoms with E-state index in [4.69, 9.17) is 48.9 Å². The Morgan fingerprint density at radius 1 is 0.296 bits per heavy atom. The minimum atomic E-state index is -0.268. The number of nitrogens with one attached hydrogen (secondary N) is 4. The van der Waals surface area contributed by atoms with E-state index in [1.165, 1.54) is 43.9 Å². The standard InChI is InChI=1S/2C21H16N2O2S2.2C20H14N2O2S2.2CH4/c2*1-12-3-6-14(7-4-12)23-20(25)19(27-21(23)26)10-18(24)16-11-22-17-8-5-13(2)9-15(16)17;1-12-6-8-13(9-7-12)22-19(24)18(26-20(22)25)10-17(23)15-11-21-16-5-3-2-4-14(15)16;1-12-7-8-16-14(9-12)15(11-21-16)17(23)10-18-19(24)22(20(25)26-18)13-5-3-2-4-6-13;;/h2*3-11,22H,1-2H3;2*2-11,21H,1H3;2*1H4/b2*19-10-;2*18-10-;;. The summed E-state index contributed by atoms with van der Waals surface area (Å²) in [6.45, 7) is 11.9. The van der Waals surface area contributed by atoms with E-state index in [0.29, 0.717) is 81.9 Å². The largest absolute Gasteiger partial charge is 0.360 e. The third-order valence-electron chi connectivity index (χ3n) is 17.3. The van der Waals surface area contributed by atoms with Crippen LogP contribution in [-0.2, 0) is 19.2 Å². The molecule has 8 aromatic carbocycles. The number of thioether (sulfide) groups is 4. The number of aryl methyl sites for hydroxylation is 6. The molecule has 24 heteroatoms. The van der Waals surface area contributed by atoms with Crippen molar-refractivity contribution >= 4 is 226 Å². The molecule has 4 aliphatic rings. The number of para-hydroxylation sites is 2. The van der Waals surface area contributed by atoms with Gasteiger partial charge in [0.05, 0.1) is 42.4 Å². The third kappa shape index (κ3) is 16.7. The predicted octanol–water partition coefficient (Wildman–Crippen LogP) is 20.3. The summed E-state index contributed by atoms with van der Waals surface area (Å²) in [5.74, 6) is -1.92. The fourth-order valence-corrected chi connectivity index (χ4v) is 16.9. The lowest BCUT2D eigenvalue weighted by Gasteiger charge is -2.14. The van der Waals surface area contributed by atoms with Crippen molar-refractivity contribution < 1.29 is 38.4 Å². The van der Waals surface area contributed by atoms with E-state index in [1.807, 2.05) is 224 Å². The van der Waals surface area contributed by atoms with Gasteiger partial charge in [-0.2, -0.15) is 0 Å². The fourth-order valence-electron chi connectivity index (χ4n) is 11.8. The Morgan fingerprint density at radius 3 is 0.815 bits per heavy atom. The molecule has 0 spiro atoms. The van der Waals surface area contributed by atoms with Crippen molar-refractivity contribution in [1.29, 1.82) is 0 Å². The van der Waals surface area contributed by atoms with Gasteiger partial charge in [0, 0.05) is 115 Å². The topological polar surface area (TPSA) is 213 Å². The number of thiocarbonyl (C=S) groups is 4. The average Bonchev–Trinajstić information content (AvgIpc) is 1.65. The van der Waals surface area contributed by atoms with E-state index in [-0.39, 0.29) is 61.6 Å². The number of hydrogen-bond acceptors (Lipinski definition) is 16. The highest BCUT2D eigenvalue weighted by Crippen LogP contribution is 2.40. The lowest BCUT2D eigenvalue weighted by atomic mass is 10.1. The number of nitrogens with zero attached hydrogens (tertiary/aromatic N) is 4. The molecule has 0 bridgehead atoms. The van der Waals surface area contributed by atoms with Crippen LogP contribution in [0.4, 0.5) is 22.7 Å². The molecule has 4 N–H and O–H groups in total. The molecular weight excluding hydrogens is 1510 g/mol. The van der Waals surface area contributed by atoms with E-state index in [1.54, 1.807) is 24.8 Å². The Hall–Kier alpha value is -10.8. The molecule has 4 aromatic heterocycles. The molecule has 4 saturated heterocycles. The molecule has 4 amide bonds. The molecule has 0 unspecified atom stereocenters. The summed E-state index contributed by atoms with van der Waals surface area (Å²) in [6, 6.07) is 57.1. The first-order valence-electron chi connectivity index (χ1n) is 32.8. The number of carbonyl (C=O) groups excluding carboxylic acids is 8. The van der Waals surface area contributed by atoms with Crippen molar-refractivity contribution in [3.63, 3.8) is 0 Å². The number of amides is 4. The van der Waals surface area contributed by atoms with Gasteiger partial charge in [0.25, 0.3) is 23.6 Å². The summed E-state index contributed by atoms with van der Waals surface area (Å²) < 4.78 is 1.71. The van der Waals surface area contributed by atoms with Crippen molar-refractivity contribution in [2.45, 2.75) is 56.4 Å². The number of rotatable bonds is 12. The number of aromatic nitrogens is 4. The molecule has 0 saturated carbocycles. The van der Waals surface area contributed by atoms with Crippen molar-refractivity contribution in [3.8, 4) is 0 Å². The Kier molecular flexibility index (Phi) is 24.3. The van der Waals surface area contributed by atoms with Crippen LogP contribution in [0.2, 0.25) is 0 Å². The molecular formula is C84H68N8O8S8. The molecule has 4 fully saturated rings. The molecule has 12 aromatic rings. The number of allylic oxidation sites excluding steroid dienone is 4. The van der Waals surface area contributed by atoms with Gasteiger partial charge < -0.3 is 19.9 Å². The zero-order valence-corrected chi connectivity index (χ0v) is 63.8. The van der Waals surface area contributed by atoms with Gasteiger partial charge in [0.2, 0.25) is 0 Å². The van der Waals surface area contributed by atoms with Gasteiger partial charge in [0.1, 0.15) is 0 Å². The van der Waals surface area contributed by atoms with E-state index in [2.05, 4.69) is 19.9 Å². The van der Waals surface area contributed by atoms with Crippen LogP contribution >= 0.6 is 95.9 Å². The number of hydrogen-bond donors (Lipinski definition) is 4. The molecule has 16 rings (SSSR count). The van der Waals surface area contributed by atoms with Crippen LogP contribution in [0.1, 0.15) is 89.7 Å². The molecule has 0 aliphatic carbocycles. The van der Waals surface area contributed by atoms with Gasteiger partial charge in [0.15, 0.2) is 40.4 Å². The maximum absolute atomic E-state index is 12.8. The maximum atomic E-state index is 12.8. The molecule has 0 radical (unpaired) electrons. The van der Waals surface area contributed by atoms with Crippen molar-refractivity contribution in [1.82, 2.24) is 19.9 Å². The first kappa shape index (κ1) is 78.3. The Bertz CT molecular complexity index is 5660. The highest BCUT2D eigenvalue weighted by molar-refractivity contribution is 8.28. The molecule has 16 nitrogen and oxygen atoms in total. The molecule has 108 heavy (non-hydrogen) atoms. The zero-order chi connectivity index (χ0) is 74.8. The lowest BCUT2D eigenvalue weighted by Crippen LogP contribution is -2.27. The van der Waals surface area contributed by atoms with Gasteiger partial charge in [-0.3, -0.25) is 58.0 Å². The van der Waals surface area contributed by atoms with E-state index in [9.17, 15) is 38.4 Å². The summed E-state index contributed by atoms with van der Waals surface area (Å²) in [5, 5.41) is 3.39. The smallest absolute Gasteiger partial charge is 0.270 e. The first-order chi connectivity index (χ1) is 51.0. The second-order valence-electron chi connectivity index (χ2n) is 24.9.